The Morgan fingerprint density at radius 3 is 2.60 bits per heavy atom. The summed E-state index contributed by atoms with van der Waals surface area (Å²) in [5.41, 5.74) is 5.29. The molecule has 0 aliphatic rings. The smallest absolute Gasteiger partial charge is 0.330 e. The van der Waals surface area contributed by atoms with Gasteiger partial charge in [-0.3, -0.25) is 0 Å². The first-order chi connectivity index (χ1) is 9.50. The Kier molecular flexibility index (Phi) is 4.61. The SMILES string of the molecule is NCCc1ccc(Sc2ccncn2)c(C(F)(F)F)c1. The lowest BCUT2D eigenvalue weighted by molar-refractivity contribution is -0.139. The van der Waals surface area contributed by atoms with Crippen LogP contribution in [0.1, 0.15) is 11.1 Å². The van der Waals surface area contributed by atoms with Crippen LogP contribution in [-0.4, -0.2) is 16.5 Å². The van der Waals surface area contributed by atoms with Crippen molar-refractivity contribution < 1.29 is 13.2 Å². The lowest BCUT2D eigenvalue weighted by Crippen LogP contribution is -2.09. The van der Waals surface area contributed by atoms with Crippen LogP contribution in [0.15, 0.2) is 46.7 Å². The first kappa shape index (κ1) is 14.8. The average molecular weight is 299 g/mol. The van der Waals surface area contributed by atoms with Crippen LogP contribution in [0.4, 0.5) is 13.2 Å². The molecule has 3 nitrogen and oxygen atoms in total. The number of hydrogen-bond donors (Lipinski definition) is 1. The summed E-state index contributed by atoms with van der Waals surface area (Å²) in [7, 11) is 0. The van der Waals surface area contributed by atoms with Crippen molar-refractivity contribution in [3.05, 3.63) is 47.9 Å². The Hall–Kier alpha value is -1.60. The molecule has 0 bridgehead atoms. The fourth-order valence-electron chi connectivity index (χ4n) is 1.66. The van der Waals surface area contributed by atoms with Crippen LogP contribution in [0.2, 0.25) is 0 Å². The van der Waals surface area contributed by atoms with Gasteiger partial charge in [-0.1, -0.05) is 17.8 Å². The summed E-state index contributed by atoms with van der Waals surface area (Å²) < 4.78 is 39.3. The van der Waals surface area contributed by atoms with E-state index in [0.29, 0.717) is 23.6 Å². The van der Waals surface area contributed by atoms with Gasteiger partial charge < -0.3 is 5.73 Å². The minimum absolute atomic E-state index is 0.122. The summed E-state index contributed by atoms with van der Waals surface area (Å²) in [4.78, 5) is 7.78. The molecule has 2 aromatic rings. The van der Waals surface area contributed by atoms with Crippen molar-refractivity contribution >= 4 is 11.8 Å². The largest absolute Gasteiger partial charge is 0.417 e. The normalized spacial score (nSPS) is 11.6. The summed E-state index contributed by atoms with van der Waals surface area (Å²) in [5.74, 6) is 0. The topological polar surface area (TPSA) is 51.8 Å². The summed E-state index contributed by atoms with van der Waals surface area (Å²) in [5, 5.41) is 0.470. The van der Waals surface area contributed by atoms with Gasteiger partial charge in [-0.2, -0.15) is 13.2 Å². The van der Waals surface area contributed by atoms with Crippen molar-refractivity contribution in [2.75, 3.05) is 6.54 Å². The number of nitrogens with zero attached hydrogens (tertiary/aromatic N) is 2. The standard InChI is InChI=1S/C13H12F3N3S/c14-13(15,16)10-7-9(3-5-17)1-2-11(10)20-12-4-6-18-8-19-12/h1-2,4,6-8H,3,5,17H2. The fourth-order valence-corrected chi connectivity index (χ4v) is 2.54. The van der Waals surface area contributed by atoms with Crippen LogP contribution in [-0.2, 0) is 12.6 Å². The molecule has 0 saturated heterocycles. The molecule has 0 atom stereocenters. The molecule has 2 rings (SSSR count). The number of hydrogen-bond acceptors (Lipinski definition) is 4. The molecule has 0 spiro atoms. The molecule has 7 heteroatoms. The van der Waals surface area contributed by atoms with Crippen LogP contribution in [0.3, 0.4) is 0 Å². The van der Waals surface area contributed by atoms with Crippen molar-refractivity contribution in [1.29, 1.82) is 0 Å². The van der Waals surface area contributed by atoms with Gasteiger partial charge in [0.05, 0.1) is 5.56 Å². The minimum Gasteiger partial charge on any atom is -0.330 e. The van der Waals surface area contributed by atoms with Gasteiger partial charge in [0.2, 0.25) is 0 Å². The number of alkyl halides is 3. The van der Waals surface area contributed by atoms with Gasteiger partial charge >= 0.3 is 6.18 Å². The third kappa shape index (κ3) is 3.71. The maximum absolute atomic E-state index is 13.1. The van der Waals surface area contributed by atoms with Gasteiger partial charge in [-0.15, -0.1) is 0 Å². The van der Waals surface area contributed by atoms with E-state index in [9.17, 15) is 13.2 Å². The molecule has 0 amide bonds. The van der Waals surface area contributed by atoms with E-state index in [1.165, 1.54) is 18.6 Å². The Morgan fingerprint density at radius 1 is 1.20 bits per heavy atom. The number of rotatable bonds is 4. The number of halogens is 3. The van der Waals surface area contributed by atoms with E-state index in [1.807, 2.05) is 0 Å². The van der Waals surface area contributed by atoms with Gasteiger partial charge in [-0.05, 0) is 36.7 Å². The molecule has 0 aliphatic carbocycles. The maximum atomic E-state index is 13.1. The lowest BCUT2D eigenvalue weighted by atomic mass is 10.1. The lowest BCUT2D eigenvalue weighted by Gasteiger charge is -2.13. The first-order valence-electron chi connectivity index (χ1n) is 5.85. The second-order valence-corrected chi connectivity index (χ2v) is 5.08. The van der Waals surface area contributed by atoms with Crippen LogP contribution in [0.25, 0.3) is 0 Å². The molecule has 0 aliphatic heterocycles. The summed E-state index contributed by atoms with van der Waals surface area (Å²) >= 11 is 0.966. The van der Waals surface area contributed by atoms with Crippen molar-refractivity contribution in [1.82, 2.24) is 9.97 Å². The third-order valence-corrected chi connectivity index (χ3v) is 3.58. The average Bonchev–Trinajstić information content (AvgIpc) is 2.41. The van der Waals surface area contributed by atoms with Crippen LogP contribution >= 0.6 is 11.8 Å². The molecule has 2 N–H and O–H groups in total. The second-order valence-electron chi connectivity index (χ2n) is 4.02. The zero-order valence-corrected chi connectivity index (χ0v) is 11.2. The fraction of sp³-hybridized carbons (Fsp3) is 0.231. The predicted molar refractivity (Wildman–Crippen MR) is 70.4 cm³/mol. The van der Waals surface area contributed by atoms with Crippen molar-refractivity contribution in [2.45, 2.75) is 22.5 Å². The third-order valence-electron chi connectivity index (χ3n) is 2.55. The highest BCUT2D eigenvalue weighted by Crippen LogP contribution is 2.39. The van der Waals surface area contributed by atoms with Crippen LogP contribution in [0, 0.1) is 0 Å². The number of nitrogens with two attached hydrogens (primary N) is 1. The highest BCUT2D eigenvalue weighted by atomic mass is 32.2. The molecular formula is C13H12F3N3S. The molecule has 1 aromatic carbocycles. The summed E-state index contributed by atoms with van der Waals surface area (Å²) in [6.07, 6.45) is -1.19. The summed E-state index contributed by atoms with van der Waals surface area (Å²) in [6.45, 7) is 0.315. The van der Waals surface area contributed by atoms with Gasteiger partial charge in [0, 0.05) is 11.1 Å². The maximum Gasteiger partial charge on any atom is 0.417 e. The quantitative estimate of drug-likeness (QED) is 0.881. The van der Waals surface area contributed by atoms with E-state index < -0.39 is 11.7 Å². The van der Waals surface area contributed by atoms with Gasteiger partial charge in [-0.25, -0.2) is 9.97 Å². The van der Waals surface area contributed by atoms with E-state index in [-0.39, 0.29) is 4.90 Å². The Bertz CT molecular complexity index is 573. The molecule has 1 heterocycles. The Morgan fingerprint density at radius 2 is 2.00 bits per heavy atom. The van der Waals surface area contributed by atoms with Crippen LogP contribution < -0.4 is 5.73 Å². The highest BCUT2D eigenvalue weighted by molar-refractivity contribution is 7.99. The van der Waals surface area contributed by atoms with Crippen molar-refractivity contribution in [3.63, 3.8) is 0 Å². The molecule has 1 aromatic heterocycles. The van der Waals surface area contributed by atoms with Gasteiger partial charge in [0.1, 0.15) is 11.4 Å². The van der Waals surface area contributed by atoms with E-state index in [0.717, 1.165) is 17.8 Å². The van der Waals surface area contributed by atoms with E-state index >= 15 is 0 Å². The molecule has 106 valence electrons. The second kappa shape index (κ2) is 6.23. The van der Waals surface area contributed by atoms with Crippen molar-refractivity contribution in [3.8, 4) is 0 Å². The molecule has 0 radical (unpaired) electrons. The van der Waals surface area contributed by atoms with Gasteiger partial charge in [0.15, 0.2) is 0 Å². The Labute approximate surface area is 118 Å². The monoisotopic (exact) mass is 299 g/mol. The minimum atomic E-state index is -4.40. The zero-order chi connectivity index (χ0) is 14.6. The predicted octanol–water partition coefficient (Wildman–Crippen LogP) is 3.15. The summed E-state index contributed by atoms with van der Waals surface area (Å²) in [6, 6.07) is 5.83. The van der Waals surface area contributed by atoms with E-state index in [2.05, 4.69) is 9.97 Å². The molecule has 0 fully saturated rings. The molecule has 0 saturated carbocycles. The van der Waals surface area contributed by atoms with E-state index in [1.54, 1.807) is 12.1 Å². The Balaban J connectivity index is 2.37. The van der Waals surface area contributed by atoms with Gasteiger partial charge in [0.25, 0.3) is 0 Å². The molecular weight excluding hydrogens is 287 g/mol. The molecule has 20 heavy (non-hydrogen) atoms. The van der Waals surface area contributed by atoms with Crippen LogP contribution in [0.5, 0.6) is 0 Å². The first-order valence-corrected chi connectivity index (χ1v) is 6.66. The van der Waals surface area contributed by atoms with E-state index in [4.69, 9.17) is 5.73 Å². The highest BCUT2D eigenvalue weighted by Gasteiger charge is 2.34. The zero-order valence-electron chi connectivity index (χ0n) is 10.4. The number of aromatic nitrogens is 2. The molecule has 0 unspecified atom stereocenters. The van der Waals surface area contributed by atoms with Crippen molar-refractivity contribution in [2.24, 2.45) is 5.73 Å². The number of benzene rings is 1.